The molecule has 3 rings (SSSR count). The summed E-state index contributed by atoms with van der Waals surface area (Å²) in [6.45, 7) is 1.98. The minimum absolute atomic E-state index is 0.0891. The van der Waals surface area contributed by atoms with E-state index in [-0.39, 0.29) is 36.6 Å². The maximum absolute atomic E-state index is 13.0. The highest BCUT2D eigenvalue weighted by Crippen LogP contribution is 2.32. The van der Waals surface area contributed by atoms with Gasteiger partial charge in [-0.15, -0.1) is 0 Å². The lowest BCUT2D eigenvalue weighted by atomic mass is 10.1. The molecule has 2 amide bonds. The number of hydrogen-bond donors (Lipinski definition) is 1. The molecule has 1 fully saturated rings. The van der Waals surface area contributed by atoms with E-state index in [0.29, 0.717) is 24.8 Å². The van der Waals surface area contributed by atoms with Crippen LogP contribution in [-0.4, -0.2) is 27.6 Å². The molecule has 156 valence electrons. The summed E-state index contributed by atoms with van der Waals surface area (Å²) in [4.78, 5) is 26.8. The smallest absolute Gasteiger partial charge is 0.266 e. The van der Waals surface area contributed by atoms with Crippen molar-refractivity contribution in [2.45, 2.75) is 19.4 Å². The van der Waals surface area contributed by atoms with E-state index >= 15 is 0 Å². The van der Waals surface area contributed by atoms with Crippen LogP contribution in [0.4, 0.5) is 4.39 Å². The first-order valence-electron chi connectivity index (χ1n) is 9.00. The van der Waals surface area contributed by atoms with Gasteiger partial charge in [0, 0.05) is 23.0 Å². The highest BCUT2D eigenvalue weighted by atomic mass is 35.5. The molecule has 1 aliphatic rings. The number of thiocarbonyl (C=S) groups is 1. The quantitative estimate of drug-likeness (QED) is 0.429. The Kier molecular flexibility index (Phi) is 7.52. The number of nitrogens with one attached hydrogen (secondary N) is 1. The van der Waals surface area contributed by atoms with Gasteiger partial charge in [-0.1, -0.05) is 65.4 Å². The van der Waals surface area contributed by atoms with Crippen LogP contribution in [0.2, 0.25) is 10.0 Å². The molecule has 0 saturated carbocycles. The summed E-state index contributed by atoms with van der Waals surface area (Å²) in [6, 6.07) is 10.6. The Morgan fingerprint density at radius 3 is 2.63 bits per heavy atom. The number of halogens is 3. The number of nitrogens with zero attached hydrogens (tertiary/aromatic N) is 1. The summed E-state index contributed by atoms with van der Waals surface area (Å²) >= 11 is 18.5. The van der Waals surface area contributed by atoms with E-state index in [9.17, 15) is 14.0 Å². The number of hydrogen-bond acceptors (Lipinski definition) is 4. The first kappa shape index (κ1) is 22.7. The predicted molar refractivity (Wildman–Crippen MR) is 124 cm³/mol. The van der Waals surface area contributed by atoms with Gasteiger partial charge in [0.25, 0.3) is 5.91 Å². The summed E-state index contributed by atoms with van der Waals surface area (Å²) in [5.41, 5.74) is 1.45. The standard InChI is InChI=1S/C21H17Cl2FN2O2S2/c1-12(16-7-4-14(22)11-17(16)23)25-19(27)8-9-26-20(28)18(30-21(26)29)10-13-2-5-15(24)6-3-13/h2-7,10-12H,8-9H2,1H3,(H,25,27). The molecule has 0 radical (unpaired) electrons. The monoisotopic (exact) mass is 482 g/mol. The fourth-order valence-corrected chi connectivity index (χ4v) is 4.74. The Balaban J connectivity index is 1.58. The van der Waals surface area contributed by atoms with Crippen LogP contribution in [0.1, 0.15) is 30.5 Å². The fraction of sp³-hybridized carbons (Fsp3) is 0.190. The third-order valence-corrected chi connectivity index (χ3v) is 6.35. The van der Waals surface area contributed by atoms with Crippen LogP contribution in [0.5, 0.6) is 0 Å². The van der Waals surface area contributed by atoms with Crippen LogP contribution in [0.3, 0.4) is 0 Å². The number of carbonyl (C=O) groups excluding carboxylic acids is 2. The van der Waals surface area contributed by atoms with E-state index in [1.54, 1.807) is 36.4 Å². The molecule has 2 aromatic carbocycles. The van der Waals surface area contributed by atoms with Crippen molar-refractivity contribution in [1.82, 2.24) is 10.2 Å². The molecule has 1 aliphatic heterocycles. The molecule has 2 aromatic rings. The zero-order valence-electron chi connectivity index (χ0n) is 15.8. The first-order valence-corrected chi connectivity index (χ1v) is 11.0. The number of thioether (sulfide) groups is 1. The van der Waals surface area contributed by atoms with Gasteiger partial charge in [0.1, 0.15) is 10.1 Å². The van der Waals surface area contributed by atoms with E-state index in [1.165, 1.54) is 17.0 Å². The van der Waals surface area contributed by atoms with Crippen LogP contribution in [0.25, 0.3) is 6.08 Å². The van der Waals surface area contributed by atoms with Gasteiger partial charge in [-0.05, 0) is 48.4 Å². The first-order chi connectivity index (χ1) is 14.2. The average molecular weight is 483 g/mol. The third kappa shape index (κ3) is 5.60. The van der Waals surface area contributed by atoms with Gasteiger partial charge in [0.15, 0.2) is 0 Å². The summed E-state index contributed by atoms with van der Waals surface area (Å²) < 4.78 is 13.4. The lowest BCUT2D eigenvalue weighted by Gasteiger charge is -2.18. The normalized spacial score (nSPS) is 16.3. The topological polar surface area (TPSA) is 49.4 Å². The number of rotatable bonds is 6. The van der Waals surface area contributed by atoms with Crippen molar-refractivity contribution in [3.63, 3.8) is 0 Å². The zero-order chi connectivity index (χ0) is 21.8. The van der Waals surface area contributed by atoms with Crippen LogP contribution in [0.15, 0.2) is 47.4 Å². The van der Waals surface area contributed by atoms with Gasteiger partial charge < -0.3 is 5.32 Å². The Labute approximate surface area is 193 Å². The molecule has 30 heavy (non-hydrogen) atoms. The molecule has 1 heterocycles. The molecular formula is C21H17Cl2FN2O2S2. The average Bonchev–Trinajstić information content (AvgIpc) is 2.94. The van der Waals surface area contributed by atoms with Crippen molar-refractivity contribution in [2.75, 3.05) is 6.54 Å². The molecular weight excluding hydrogens is 466 g/mol. The maximum Gasteiger partial charge on any atom is 0.266 e. The van der Waals surface area contributed by atoms with Gasteiger partial charge in [0.05, 0.1) is 10.9 Å². The van der Waals surface area contributed by atoms with Crippen molar-refractivity contribution in [3.8, 4) is 0 Å². The van der Waals surface area contributed by atoms with Crippen molar-refractivity contribution in [1.29, 1.82) is 0 Å². The Hall–Kier alpha value is -1.93. The van der Waals surface area contributed by atoms with Crippen molar-refractivity contribution >= 4 is 69.4 Å². The molecule has 1 saturated heterocycles. The molecule has 0 aromatic heterocycles. The van der Waals surface area contributed by atoms with E-state index < -0.39 is 0 Å². The molecule has 0 bridgehead atoms. The second-order valence-electron chi connectivity index (χ2n) is 6.59. The van der Waals surface area contributed by atoms with Crippen LogP contribution in [-0.2, 0) is 9.59 Å². The van der Waals surface area contributed by atoms with Gasteiger partial charge in [0.2, 0.25) is 5.91 Å². The van der Waals surface area contributed by atoms with Crippen LogP contribution < -0.4 is 5.32 Å². The highest BCUT2D eigenvalue weighted by Gasteiger charge is 2.32. The molecule has 4 nitrogen and oxygen atoms in total. The Morgan fingerprint density at radius 1 is 1.27 bits per heavy atom. The molecule has 0 spiro atoms. The van der Waals surface area contributed by atoms with E-state index in [0.717, 1.165) is 17.3 Å². The molecule has 1 N–H and O–H groups in total. The largest absolute Gasteiger partial charge is 0.349 e. The second kappa shape index (κ2) is 9.92. The zero-order valence-corrected chi connectivity index (χ0v) is 19.0. The number of amides is 2. The van der Waals surface area contributed by atoms with E-state index in [1.807, 2.05) is 6.92 Å². The molecule has 0 aliphatic carbocycles. The second-order valence-corrected chi connectivity index (χ2v) is 9.11. The molecule has 1 atom stereocenters. The van der Waals surface area contributed by atoms with E-state index in [2.05, 4.69) is 5.32 Å². The van der Waals surface area contributed by atoms with Gasteiger partial charge in [-0.25, -0.2) is 4.39 Å². The Bertz CT molecular complexity index is 1030. The highest BCUT2D eigenvalue weighted by molar-refractivity contribution is 8.26. The predicted octanol–water partition coefficient (Wildman–Crippen LogP) is 5.60. The SMILES string of the molecule is CC(NC(=O)CCN1C(=O)C(=Cc2ccc(F)cc2)SC1=S)c1ccc(Cl)cc1Cl. The van der Waals surface area contributed by atoms with Crippen LogP contribution in [0, 0.1) is 5.82 Å². The lowest BCUT2D eigenvalue weighted by Crippen LogP contribution is -2.34. The van der Waals surface area contributed by atoms with E-state index in [4.69, 9.17) is 35.4 Å². The molecule has 9 heteroatoms. The van der Waals surface area contributed by atoms with Gasteiger partial charge >= 0.3 is 0 Å². The lowest BCUT2D eigenvalue weighted by molar-refractivity contribution is -0.124. The summed E-state index contributed by atoms with van der Waals surface area (Å²) in [5, 5.41) is 3.85. The van der Waals surface area contributed by atoms with Crippen molar-refractivity contribution in [2.24, 2.45) is 0 Å². The van der Waals surface area contributed by atoms with Crippen molar-refractivity contribution < 1.29 is 14.0 Å². The van der Waals surface area contributed by atoms with Gasteiger partial charge in [-0.3, -0.25) is 14.5 Å². The fourth-order valence-electron chi connectivity index (χ4n) is 2.86. The minimum atomic E-state index is -0.347. The maximum atomic E-state index is 13.0. The third-order valence-electron chi connectivity index (χ3n) is 4.41. The number of benzene rings is 2. The summed E-state index contributed by atoms with van der Waals surface area (Å²) in [6.07, 6.45) is 1.75. The summed E-state index contributed by atoms with van der Waals surface area (Å²) in [5.74, 6) is -0.846. The summed E-state index contributed by atoms with van der Waals surface area (Å²) in [7, 11) is 0. The van der Waals surface area contributed by atoms with Crippen molar-refractivity contribution in [3.05, 3.63) is 74.4 Å². The molecule has 1 unspecified atom stereocenters. The minimum Gasteiger partial charge on any atom is -0.349 e. The Morgan fingerprint density at radius 2 is 1.97 bits per heavy atom. The van der Waals surface area contributed by atoms with Crippen LogP contribution >= 0.6 is 47.2 Å². The van der Waals surface area contributed by atoms with Gasteiger partial charge in [-0.2, -0.15) is 0 Å². The number of carbonyl (C=O) groups is 2.